The maximum absolute atomic E-state index is 9.23. The van der Waals surface area contributed by atoms with Gasteiger partial charge in [0.1, 0.15) is 0 Å². The average Bonchev–Trinajstić information content (AvgIpc) is 2.62. The second kappa shape index (κ2) is 29.5. The van der Waals surface area contributed by atoms with Crippen LogP contribution in [0.1, 0.15) is 79.1 Å². The molecule has 1 unspecified atom stereocenters. The van der Waals surface area contributed by atoms with E-state index in [0.717, 1.165) is 65.0 Å². The second-order valence-electron chi connectivity index (χ2n) is 6.04. The minimum absolute atomic E-state index is 0. The lowest BCUT2D eigenvalue weighted by atomic mass is 10.4. The van der Waals surface area contributed by atoms with E-state index in [1.54, 1.807) is 0 Å². The van der Waals surface area contributed by atoms with Crippen molar-refractivity contribution in [3.05, 3.63) is 0 Å². The fourth-order valence-corrected chi connectivity index (χ4v) is 1.66. The van der Waals surface area contributed by atoms with Gasteiger partial charge in [0.2, 0.25) is 0 Å². The van der Waals surface area contributed by atoms with Crippen molar-refractivity contribution >= 4 is 0 Å². The van der Waals surface area contributed by atoms with Gasteiger partial charge in [-0.25, -0.2) is 0 Å². The molecule has 0 saturated carbocycles. The molecule has 0 aliphatic rings. The van der Waals surface area contributed by atoms with Gasteiger partial charge in [-0.3, -0.25) is 0 Å². The third kappa shape index (κ3) is 31.5. The molecule has 0 heterocycles. The van der Waals surface area contributed by atoms with Crippen LogP contribution in [-0.2, 0) is 18.9 Å². The minimum atomic E-state index is -0.747. The van der Waals surface area contributed by atoms with E-state index >= 15 is 0 Å². The van der Waals surface area contributed by atoms with Gasteiger partial charge in [-0.2, -0.15) is 0 Å². The molecule has 0 aromatic rings. The van der Waals surface area contributed by atoms with Crippen molar-refractivity contribution in [2.24, 2.45) is 0 Å². The molecule has 0 bridgehead atoms. The smallest absolute Gasteiger partial charge is 0.178 e. The van der Waals surface area contributed by atoms with E-state index in [1.165, 1.54) is 12.8 Å². The largest absolute Gasteiger partial charge is 0.412 e. The molecule has 0 aromatic heterocycles. The molecule has 0 fully saturated rings. The van der Waals surface area contributed by atoms with Crippen LogP contribution in [0.3, 0.4) is 0 Å². The topological polar surface area (TPSA) is 88.7 Å². The molecule has 0 amide bonds. The molecule has 3 N–H and O–H groups in total. The van der Waals surface area contributed by atoms with Gasteiger partial charge in [0.05, 0.1) is 19.8 Å². The molecule has 0 aromatic carbocycles. The summed E-state index contributed by atoms with van der Waals surface area (Å²) in [5.41, 5.74) is 0. The third-order valence-corrected chi connectivity index (χ3v) is 3.37. The van der Waals surface area contributed by atoms with E-state index in [9.17, 15) is 5.11 Å². The monoisotopic (exact) mass is 382 g/mol. The van der Waals surface area contributed by atoms with Crippen LogP contribution in [0.2, 0.25) is 0 Å². The predicted octanol–water partition coefficient (Wildman–Crippen LogP) is 3.73. The van der Waals surface area contributed by atoms with Crippen LogP contribution < -0.4 is 0 Å². The molecule has 1 atom stereocenters. The molecule has 0 rings (SSSR count). The van der Waals surface area contributed by atoms with E-state index in [0.29, 0.717) is 19.8 Å². The Balaban J connectivity index is -0.000000393. The Morgan fingerprint density at radius 3 is 1.38 bits per heavy atom. The molecular formula is C20H46O6. The highest BCUT2D eigenvalue weighted by Crippen LogP contribution is 1.95. The molecule has 0 aliphatic heterocycles. The predicted molar refractivity (Wildman–Crippen MR) is 108 cm³/mol. The SMILES string of the molecule is CCCCOCC(O)OCCCC.CCCCOCCOCCCC.O. The quantitative estimate of drug-likeness (QED) is 0.288. The molecular weight excluding hydrogens is 336 g/mol. The Morgan fingerprint density at radius 1 is 0.577 bits per heavy atom. The summed E-state index contributed by atoms with van der Waals surface area (Å²) in [5.74, 6) is 0. The highest BCUT2D eigenvalue weighted by molar-refractivity contribution is 4.40. The Morgan fingerprint density at radius 2 is 0.962 bits per heavy atom. The van der Waals surface area contributed by atoms with E-state index < -0.39 is 6.29 Å². The molecule has 0 radical (unpaired) electrons. The molecule has 6 nitrogen and oxygen atoms in total. The molecule has 0 saturated heterocycles. The highest BCUT2D eigenvalue weighted by atomic mass is 16.6. The van der Waals surface area contributed by atoms with Crippen LogP contribution in [0.4, 0.5) is 0 Å². The van der Waals surface area contributed by atoms with Gasteiger partial charge in [-0.05, 0) is 25.7 Å². The van der Waals surface area contributed by atoms with Crippen LogP contribution in [0.25, 0.3) is 0 Å². The van der Waals surface area contributed by atoms with E-state index in [2.05, 4.69) is 27.7 Å². The third-order valence-electron chi connectivity index (χ3n) is 3.37. The van der Waals surface area contributed by atoms with Crippen LogP contribution >= 0.6 is 0 Å². The summed E-state index contributed by atoms with van der Waals surface area (Å²) >= 11 is 0. The first-order chi connectivity index (χ1) is 12.2. The van der Waals surface area contributed by atoms with Gasteiger partial charge in [0, 0.05) is 26.4 Å². The fraction of sp³-hybridized carbons (Fsp3) is 1.00. The number of rotatable bonds is 18. The van der Waals surface area contributed by atoms with Gasteiger partial charge < -0.3 is 29.5 Å². The summed E-state index contributed by atoms with van der Waals surface area (Å²) in [4.78, 5) is 0. The van der Waals surface area contributed by atoms with Crippen LogP contribution in [0.5, 0.6) is 0 Å². The highest BCUT2D eigenvalue weighted by Gasteiger charge is 2.02. The number of hydrogen-bond acceptors (Lipinski definition) is 5. The zero-order valence-corrected chi connectivity index (χ0v) is 17.8. The van der Waals surface area contributed by atoms with E-state index in [-0.39, 0.29) is 5.48 Å². The Hall–Kier alpha value is -0.240. The van der Waals surface area contributed by atoms with Crippen LogP contribution in [0.15, 0.2) is 0 Å². The summed E-state index contributed by atoms with van der Waals surface area (Å²) < 4.78 is 20.9. The normalized spacial score (nSPS) is 11.4. The number of hydrogen-bond donors (Lipinski definition) is 1. The Kier molecular flexibility index (Phi) is 34.6. The van der Waals surface area contributed by atoms with Crippen molar-refractivity contribution in [1.82, 2.24) is 0 Å². The number of aliphatic hydroxyl groups is 1. The van der Waals surface area contributed by atoms with Crippen molar-refractivity contribution in [3.63, 3.8) is 0 Å². The maximum atomic E-state index is 9.23. The van der Waals surface area contributed by atoms with E-state index in [1.807, 2.05) is 0 Å². The van der Waals surface area contributed by atoms with Crippen molar-refractivity contribution in [1.29, 1.82) is 0 Å². The van der Waals surface area contributed by atoms with Crippen LogP contribution in [0, 0.1) is 0 Å². The standard InChI is InChI=1S/C10H22O3.C10H22O2.H2O/c1-3-5-7-12-9-10(11)13-8-6-4-2;1-3-5-7-11-9-10-12-8-6-4-2;/h10-11H,3-9H2,1-2H3;3-10H2,1-2H3;1H2. The molecule has 162 valence electrons. The zero-order valence-electron chi connectivity index (χ0n) is 17.8. The first kappa shape index (κ1) is 30.5. The van der Waals surface area contributed by atoms with Crippen LogP contribution in [-0.4, -0.2) is 63.1 Å². The van der Waals surface area contributed by atoms with Crippen molar-refractivity contribution in [3.8, 4) is 0 Å². The van der Waals surface area contributed by atoms with Gasteiger partial charge in [-0.1, -0.05) is 53.4 Å². The molecule has 0 aliphatic carbocycles. The summed E-state index contributed by atoms with van der Waals surface area (Å²) in [6.45, 7) is 13.4. The van der Waals surface area contributed by atoms with Crippen molar-refractivity contribution in [2.75, 3.05) is 46.2 Å². The first-order valence-corrected chi connectivity index (χ1v) is 10.3. The summed E-state index contributed by atoms with van der Waals surface area (Å²) in [6, 6.07) is 0. The zero-order chi connectivity index (χ0) is 19.0. The summed E-state index contributed by atoms with van der Waals surface area (Å²) in [7, 11) is 0. The lowest BCUT2D eigenvalue weighted by molar-refractivity contribution is -0.138. The fourth-order valence-electron chi connectivity index (χ4n) is 1.66. The van der Waals surface area contributed by atoms with Gasteiger partial charge in [0.25, 0.3) is 0 Å². The summed E-state index contributed by atoms with van der Waals surface area (Å²) in [6.07, 6.45) is 8.23. The molecule has 26 heavy (non-hydrogen) atoms. The first-order valence-electron chi connectivity index (χ1n) is 10.3. The number of aliphatic hydroxyl groups excluding tert-OH is 1. The average molecular weight is 383 g/mol. The summed E-state index contributed by atoms with van der Waals surface area (Å²) in [5, 5.41) is 9.23. The van der Waals surface area contributed by atoms with E-state index in [4.69, 9.17) is 18.9 Å². The lowest BCUT2D eigenvalue weighted by Gasteiger charge is -2.11. The van der Waals surface area contributed by atoms with Crippen molar-refractivity contribution < 1.29 is 29.5 Å². The van der Waals surface area contributed by atoms with Gasteiger partial charge in [-0.15, -0.1) is 0 Å². The number of ether oxygens (including phenoxy) is 4. The van der Waals surface area contributed by atoms with Crippen molar-refractivity contribution in [2.45, 2.75) is 85.4 Å². The molecule has 0 spiro atoms. The lowest BCUT2D eigenvalue weighted by Crippen LogP contribution is -2.20. The minimum Gasteiger partial charge on any atom is -0.412 e. The van der Waals surface area contributed by atoms with Gasteiger partial charge in [0.15, 0.2) is 6.29 Å². The maximum Gasteiger partial charge on any atom is 0.178 e. The second-order valence-corrected chi connectivity index (χ2v) is 6.04. The molecule has 6 heteroatoms. The Bertz CT molecular complexity index is 206. The number of unbranched alkanes of at least 4 members (excludes halogenated alkanes) is 4. The Labute approximate surface area is 161 Å². The van der Waals surface area contributed by atoms with Gasteiger partial charge >= 0.3 is 0 Å².